The number of rotatable bonds is 7. The topological polar surface area (TPSA) is 48.5 Å². The Morgan fingerprint density at radius 1 is 1.09 bits per heavy atom. The lowest BCUT2D eigenvalue weighted by molar-refractivity contribution is -0.115. The Morgan fingerprint density at radius 2 is 1.88 bits per heavy atom. The second-order valence-corrected chi connectivity index (χ2v) is 9.75. The summed E-state index contributed by atoms with van der Waals surface area (Å²) in [5.41, 5.74) is 5.29. The predicted octanol–water partition coefficient (Wildman–Crippen LogP) is 4.86. The van der Waals surface area contributed by atoms with Gasteiger partial charge in [-0.3, -0.25) is 9.69 Å². The summed E-state index contributed by atoms with van der Waals surface area (Å²) >= 11 is 1.60. The SMILES string of the molecule is CC(C)c1ccccc1NC(=O)Cc1csc(-c2cccc(CN3CCN(C)CC3)c2)n1. The number of nitrogens with one attached hydrogen (secondary N) is 1. The Bertz CT molecular complexity index is 1050. The molecule has 1 fully saturated rings. The van der Waals surface area contributed by atoms with E-state index in [4.69, 9.17) is 4.98 Å². The van der Waals surface area contributed by atoms with Gasteiger partial charge in [0.2, 0.25) is 5.91 Å². The van der Waals surface area contributed by atoms with E-state index >= 15 is 0 Å². The van der Waals surface area contributed by atoms with Gasteiger partial charge in [-0.2, -0.15) is 0 Å². The number of nitrogens with zero attached hydrogens (tertiary/aromatic N) is 3. The molecule has 1 N–H and O–H groups in total. The Balaban J connectivity index is 1.39. The fourth-order valence-corrected chi connectivity index (χ4v) is 4.88. The van der Waals surface area contributed by atoms with Crippen LogP contribution < -0.4 is 5.32 Å². The van der Waals surface area contributed by atoms with Gasteiger partial charge in [-0.15, -0.1) is 11.3 Å². The summed E-state index contributed by atoms with van der Waals surface area (Å²) < 4.78 is 0. The van der Waals surface area contributed by atoms with E-state index in [1.807, 2.05) is 23.6 Å². The first-order valence-electron chi connectivity index (χ1n) is 11.3. The van der Waals surface area contributed by atoms with Gasteiger partial charge >= 0.3 is 0 Å². The number of piperazine rings is 1. The van der Waals surface area contributed by atoms with Crippen molar-refractivity contribution in [3.63, 3.8) is 0 Å². The zero-order valence-corrected chi connectivity index (χ0v) is 20.0. The molecule has 0 aliphatic carbocycles. The van der Waals surface area contributed by atoms with Gasteiger partial charge in [-0.25, -0.2) is 4.98 Å². The van der Waals surface area contributed by atoms with Crippen molar-refractivity contribution in [2.45, 2.75) is 32.7 Å². The number of para-hydroxylation sites is 1. The molecule has 1 saturated heterocycles. The quantitative estimate of drug-likeness (QED) is 0.561. The van der Waals surface area contributed by atoms with Crippen LogP contribution in [0.3, 0.4) is 0 Å². The fourth-order valence-electron chi connectivity index (χ4n) is 4.06. The summed E-state index contributed by atoms with van der Waals surface area (Å²) in [6.07, 6.45) is 0.282. The van der Waals surface area contributed by atoms with E-state index in [0.29, 0.717) is 5.92 Å². The molecule has 3 aromatic rings. The van der Waals surface area contributed by atoms with Gasteiger partial charge in [0.05, 0.1) is 12.1 Å². The van der Waals surface area contributed by atoms with E-state index < -0.39 is 0 Å². The van der Waals surface area contributed by atoms with Gasteiger partial charge < -0.3 is 10.2 Å². The Kier molecular flexibility index (Phi) is 7.35. The lowest BCUT2D eigenvalue weighted by Gasteiger charge is -2.32. The highest BCUT2D eigenvalue weighted by Gasteiger charge is 2.15. The van der Waals surface area contributed by atoms with Crippen molar-refractivity contribution in [2.75, 3.05) is 38.5 Å². The average Bonchev–Trinajstić information content (AvgIpc) is 3.24. The molecule has 0 saturated carbocycles. The molecule has 1 aliphatic rings. The first-order chi connectivity index (χ1) is 15.5. The molecule has 4 rings (SSSR count). The van der Waals surface area contributed by atoms with Crippen molar-refractivity contribution in [2.24, 2.45) is 0 Å². The molecule has 0 radical (unpaired) electrons. The number of benzene rings is 2. The first kappa shape index (κ1) is 22.6. The number of carbonyl (C=O) groups excluding carboxylic acids is 1. The molecular formula is C26H32N4OS. The van der Waals surface area contributed by atoms with Gasteiger partial charge in [0.15, 0.2) is 0 Å². The first-order valence-corrected chi connectivity index (χ1v) is 12.2. The van der Waals surface area contributed by atoms with Gasteiger partial charge in [0, 0.05) is 49.4 Å². The second-order valence-electron chi connectivity index (χ2n) is 8.89. The number of aromatic nitrogens is 1. The molecule has 168 valence electrons. The van der Waals surface area contributed by atoms with Crippen LogP contribution in [0, 0.1) is 0 Å². The molecule has 0 spiro atoms. The van der Waals surface area contributed by atoms with E-state index in [1.165, 1.54) is 5.56 Å². The highest BCUT2D eigenvalue weighted by atomic mass is 32.1. The normalized spacial score (nSPS) is 15.2. The van der Waals surface area contributed by atoms with E-state index in [0.717, 1.165) is 60.2 Å². The molecule has 5 nitrogen and oxygen atoms in total. The lowest BCUT2D eigenvalue weighted by Crippen LogP contribution is -2.43. The van der Waals surface area contributed by atoms with Gasteiger partial charge in [0.25, 0.3) is 0 Å². The maximum atomic E-state index is 12.6. The van der Waals surface area contributed by atoms with Crippen LogP contribution in [0.1, 0.15) is 36.6 Å². The number of amides is 1. The number of hydrogen-bond donors (Lipinski definition) is 1. The van der Waals surface area contributed by atoms with Crippen molar-refractivity contribution in [3.05, 3.63) is 70.7 Å². The van der Waals surface area contributed by atoms with Crippen molar-refractivity contribution >= 4 is 22.9 Å². The van der Waals surface area contributed by atoms with Crippen LogP contribution in [0.25, 0.3) is 10.6 Å². The summed E-state index contributed by atoms with van der Waals surface area (Å²) in [5.74, 6) is 0.328. The predicted molar refractivity (Wildman–Crippen MR) is 133 cm³/mol. The smallest absolute Gasteiger partial charge is 0.230 e. The standard InChI is InChI=1S/C26H32N4OS/c1-19(2)23-9-4-5-10-24(23)28-25(31)16-22-18-32-26(27-22)21-8-6-7-20(15-21)17-30-13-11-29(3)12-14-30/h4-10,15,18-19H,11-14,16-17H2,1-3H3,(H,28,31). The van der Waals surface area contributed by atoms with E-state index in [-0.39, 0.29) is 12.3 Å². The van der Waals surface area contributed by atoms with Crippen molar-refractivity contribution in [1.82, 2.24) is 14.8 Å². The molecular weight excluding hydrogens is 416 g/mol. The van der Waals surface area contributed by atoms with Crippen LogP contribution in [0.4, 0.5) is 5.69 Å². The minimum absolute atomic E-state index is 0.0289. The average molecular weight is 449 g/mol. The summed E-state index contributed by atoms with van der Waals surface area (Å²) in [5, 5.41) is 6.03. The molecule has 0 bridgehead atoms. The highest BCUT2D eigenvalue weighted by molar-refractivity contribution is 7.13. The van der Waals surface area contributed by atoms with E-state index in [1.54, 1.807) is 11.3 Å². The van der Waals surface area contributed by atoms with Crippen LogP contribution >= 0.6 is 11.3 Å². The highest BCUT2D eigenvalue weighted by Crippen LogP contribution is 2.26. The number of thiazole rings is 1. The van der Waals surface area contributed by atoms with Crippen molar-refractivity contribution in [1.29, 1.82) is 0 Å². The van der Waals surface area contributed by atoms with Crippen LogP contribution in [0.5, 0.6) is 0 Å². The third-order valence-corrected chi connectivity index (χ3v) is 6.87. The summed E-state index contributed by atoms with van der Waals surface area (Å²) in [6.45, 7) is 9.70. The largest absolute Gasteiger partial charge is 0.325 e. The molecule has 2 aromatic carbocycles. The Labute approximate surface area is 195 Å². The van der Waals surface area contributed by atoms with Gasteiger partial charge in [-0.05, 0) is 36.2 Å². The number of hydrogen-bond acceptors (Lipinski definition) is 5. The van der Waals surface area contributed by atoms with Gasteiger partial charge in [0.1, 0.15) is 5.01 Å². The molecule has 6 heteroatoms. The monoisotopic (exact) mass is 448 g/mol. The second kappa shape index (κ2) is 10.4. The Hall–Kier alpha value is -2.54. The molecule has 0 unspecified atom stereocenters. The zero-order valence-electron chi connectivity index (χ0n) is 19.2. The summed E-state index contributed by atoms with van der Waals surface area (Å²) in [4.78, 5) is 22.3. The van der Waals surface area contributed by atoms with Crippen molar-refractivity contribution < 1.29 is 4.79 Å². The molecule has 32 heavy (non-hydrogen) atoms. The lowest BCUT2D eigenvalue weighted by atomic mass is 10.0. The minimum Gasteiger partial charge on any atom is -0.325 e. The van der Waals surface area contributed by atoms with Crippen LogP contribution in [-0.4, -0.2) is 53.9 Å². The molecule has 1 aromatic heterocycles. The summed E-state index contributed by atoms with van der Waals surface area (Å²) in [7, 11) is 2.18. The molecule has 2 heterocycles. The molecule has 0 atom stereocenters. The van der Waals surface area contributed by atoms with Gasteiger partial charge in [-0.1, -0.05) is 50.2 Å². The van der Waals surface area contributed by atoms with Crippen LogP contribution in [-0.2, 0) is 17.8 Å². The van der Waals surface area contributed by atoms with Crippen LogP contribution in [0.15, 0.2) is 53.9 Å². The Morgan fingerprint density at radius 3 is 2.66 bits per heavy atom. The number of carbonyl (C=O) groups is 1. The van der Waals surface area contributed by atoms with Crippen LogP contribution in [0.2, 0.25) is 0 Å². The summed E-state index contributed by atoms with van der Waals surface area (Å²) in [6, 6.07) is 16.6. The molecule has 1 amide bonds. The third kappa shape index (κ3) is 5.82. The molecule has 1 aliphatic heterocycles. The van der Waals surface area contributed by atoms with Crippen molar-refractivity contribution in [3.8, 4) is 10.6 Å². The van der Waals surface area contributed by atoms with E-state index in [2.05, 4.69) is 66.3 Å². The number of anilines is 1. The number of likely N-dealkylation sites (N-methyl/N-ethyl adjacent to an activating group) is 1. The van der Waals surface area contributed by atoms with E-state index in [9.17, 15) is 4.79 Å². The zero-order chi connectivity index (χ0) is 22.5. The minimum atomic E-state index is -0.0289. The maximum Gasteiger partial charge on any atom is 0.230 e. The third-order valence-electron chi connectivity index (χ3n) is 5.93. The maximum absolute atomic E-state index is 12.6. The fraction of sp³-hybridized carbons (Fsp3) is 0.385.